The third kappa shape index (κ3) is 2.17. The SMILES string of the molecule is COc1c(C(=O)O)cc(C(F)F)nc1F. The van der Waals surface area contributed by atoms with Crippen LogP contribution in [0.15, 0.2) is 6.07 Å². The minimum Gasteiger partial charge on any atom is -0.491 e. The predicted molar refractivity (Wildman–Crippen MR) is 42.7 cm³/mol. The second kappa shape index (κ2) is 4.16. The zero-order valence-corrected chi connectivity index (χ0v) is 7.50. The molecule has 0 radical (unpaired) electrons. The number of ether oxygens (including phenoxy) is 1. The van der Waals surface area contributed by atoms with Crippen LogP contribution in [0.2, 0.25) is 0 Å². The topological polar surface area (TPSA) is 59.4 Å². The Morgan fingerprint density at radius 3 is 2.60 bits per heavy atom. The van der Waals surface area contributed by atoms with Gasteiger partial charge in [-0.15, -0.1) is 0 Å². The van der Waals surface area contributed by atoms with Gasteiger partial charge in [0.15, 0.2) is 5.75 Å². The first-order valence-corrected chi connectivity index (χ1v) is 3.73. The lowest BCUT2D eigenvalue weighted by Gasteiger charge is -2.07. The van der Waals surface area contributed by atoms with Crippen LogP contribution in [0.5, 0.6) is 5.75 Å². The van der Waals surface area contributed by atoms with Gasteiger partial charge in [-0.3, -0.25) is 0 Å². The van der Waals surface area contributed by atoms with E-state index in [9.17, 15) is 18.0 Å². The summed E-state index contributed by atoms with van der Waals surface area (Å²) in [4.78, 5) is 13.5. The summed E-state index contributed by atoms with van der Waals surface area (Å²) in [5.41, 5.74) is -1.62. The molecular formula is C8H6F3NO3. The van der Waals surface area contributed by atoms with E-state index in [0.29, 0.717) is 6.07 Å². The zero-order chi connectivity index (χ0) is 11.6. The Kier molecular flexibility index (Phi) is 3.13. The maximum absolute atomic E-state index is 13.0. The summed E-state index contributed by atoms with van der Waals surface area (Å²) in [6.45, 7) is 0. The quantitative estimate of drug-likeness (QED) is 0.791. The van der Waals surface area contributed by atoms with Crippen LogP contribution in [0, 0.1) is 5.95 Å². The maximum Gasteiger partial charge on any atom is 0.339 e. The number of carbonyl (C=O) groups is 1. The maximum atomic E-state index is 13.0. The van der Waals surface area contributed by atoms with Gasteiger partial charge in [-0.05, 0) is 6.07 Å². The molecule has 82 valence electrons. The van der Waals surface area contributed by atoms with Crippen molar-refractivity contribution in [3.63, 3.8) is 0 Å². The van der Waals surface area contributed by atoms with E-state index < -0.39 is 35.3 Å². The van der Waals surface area contributed by atoms with Crippen molar-refractivity contribution in [2.75, 3.05) is 7.11 Å². The molecule has 4 nitrogen and oxygen atoms in total. The van der Waals surface area contributed by atoms with Gasteiger partial charge < -0.3 is 9.84 Å². The molecule has 0 aliphatic carbocycles. The Morgan fingerprint density at radius 1 is 1.60 bits per heavy atom. The summed E-state index contributed by atoms with van der Waals surface area (Å²) in [5, 5.41) is 8.61. The summed E-state index contributed by atoms with van der Waals surface area (Å²) >= 11 is 0. The molecule has 1 rings (SSSR count). The van der Waals surface area contributed by atoms with Gasteiger partial charge in [0.2, 0.25) is 0 Å². The molecule has 0 spiro atoms. The molecule has 0 fully saturated rings. The molecule has 1 heterocycles. The van der Waals surface area contributed by atoms with Gasteiger partial charge in [-0.25, -0.2) is 18.6 Å². The molecule has 0 aliphatic heterocycles. The molecule has 1 aromatic heterocycles. The van der Waals surface area contributed by atoms with Crippen LogP contribution < -0.4 is 4.74 Å². The molecule has 0 saturated carbocycles. The number of methoxy groups -OCH3 is 1. The van der Waals surface area contributed by atoms with Gasteiger partial charge in [0.05, 0.1) is 7.11 Å². The van der Waals surface area contributed by atoms with Gasteiger partial charge in [-0.2, -0.15) is 4.39 Å². The minimum atomic E-state index is -3.04. The van der Waals surface area contributed by atoms with E-state index in [1.165, 1.54) is 0 Å². The molecule has 0 unspecified atom stereocenters. The highest BCUT2D eigenvalue weighted by atomic mass is 19.3. The lowest BCUT2D eigenvalue weighted by atomic mass is 10.2. The van der Waals surface area contributed by atoms with Crippen molar-refractivity contribution in [3.05, 3.63) is 23.3 Å². The molecule has 0 saturated heterocycles. The Balaban J connectivity index is 3.38. The number of pyridine rings is 1. The summed E-state index contributed by atoms with van der Waals surface area (Å²) in [6, 6.07) is 0.578. The Hall–Kier alpha value is -1.79. The third-order valence-corrected chi connectivity index (χ3v) is 1.61. The lowest BCUT2D eigenvalue weighted by molar-refractivity contribution is 0.0691. The minimum absolute atomic E-state index is 0.578. The molecule has 1 N–H and O–H groups in total. The largest absolute Gasteiger partial charge is 0.491 e. The number of hydrogen-bond donors (Lipinski definition) is 1. The van der Waals surface area contributed by atoms with Crippen LogP contribution in [0.25, 0.3) is 0 Å². The number of hydrogen-bond acceptors (Lipinski definition) is 3. The summed E-state index contributed by atoms with van der Waals surface area (Å²) in [7, 11) is 1.02. The van der Waals surface area contributed by atoms with Crippen LogP contribution in [-0.2, 0) is 0 Å². The Morgan fingerprint density at radius 2 is 2.20 bits per heavy atom. The molecule has 0 bridgehead atoms. The molecule has 1 aromatic rings. The van der Waals surface area contributed by atoms with Crippen LogP contribution in [0.4, 0.5) is 13.2 Å². The van der Waals surface area contributed by atoms with Crippen LogP contribution in [-0.4, -0.2) is 23.2 Å². The van der Waals surface area contributed by atoms with Gasteiger partial charge in [-0.1, -0.05) is 0 Å². The second-order valence-corrected chi connectivity index (χ2v) is 2.52. The normalized spacial score (nSPS) is 10.5. The van der Waals surface area contributed by atoms with E-state index >= 15 is 0 Å². The lowest BCUT2D eigenvalue weighted by Crippen LogP contribution is -2.07. The molecule has 0 atom stereocenters. The van der Waals surface area contributed by atoms with E-state index in [4.69, 9.17) is 5.11 Å². The van der Waals surface area contributed by atoms with Crippen molar-refractivity contribution >= 4 is 5.97 Å². The number of carboxylic acid groups (broad SMARTS) is 1. The number of alkyl halides is 2. The predicted octanol–water partition coefficient (Wildman–Crippen LogP) is 1.87. The first kappa shape index (κ1) is 11.3. The summed E-state index contributed by atoms with van der Waals surface area (Å²) in [6.07, 6.45) is -3.04. The number of aromatic carboxylic acids is 1. The number of halogens is 3. The first-order valence-electron chi connectivity index (χ1n) is 3.73. The molecule has 0 amide bonds. The molecule has 0 aromatic carbocycles. The van der Waals surface area contributed by atoms with Crippen molar-refractivity contribution in [3.8, 4) is 5.75 Å². The molecule has 0 aliphatic rings. The summed E-state index contributed by atoms with van der Waals surface area (Å²) < 4.78 is 41.7. The third-order valence-electron chi connectivity index (χ3n) is 1.61. The number of nitrogens with zero attached hydrogens (tertiary/aromatic N) is 1. The summed E-state index contributed by atoms with van der Waals surface area (Å²) in [5.74, 6) is -3.59. The fourth-order valence-corrected chi connectivity index (χ4v) is 0.986. The highest BCUT2D eigenvalue weighted by molar-refractivity contribution is 5.90. The van der Waals surface area contributed by atoms with E-state index in [1.807, 2.05) is 0 Å². The molecular weight excluding hydrogens is 215 g/mol. The van der Waals surface area contributed by atoms with Crippen LogP contribution >= 0.6 is 0 Å². The fourth-order valence-electron chi connectivity index (χ4n) is 0.986. The average molecular weight is 221 g/mol. The van der Waals surface area contributed by atoms with Gasteiger partial charge in [0.25, 0.3) is 12.4 Å². The standard InChI is InChI=1S/C8H6F3NO3/c1-15-5-3(8(13)14)2-4(6(9)10)12-7(5)11/h2,6H,1H3,(H,13,14). The highest BCUT2D eigenvalue weighted by Crippen LogP contribution is 2.26. The van der Waals surface area contributed by atoms with Gasteiger partial charge >= 0.3 is 5.97 Å². The van der Waals surface area contributed by atoms with Crippen molar-refractivity contribution in [1.82, 2.24) is 4.98 Å². The zero-order valence-electron chi connectivity index (χ0n) is 7.50. The van der Waals surface area contributed by atoms with Gasteiger partial charge in [0.1, 0.15) is 11.3 Å². The van der Waals surface area contributed by atoms with E-state index in [2.05, 4.69) is 9.72 Å². The monoisotopic (exact) mass is 221 g/mol. The first-order chi connectivity index (χ1) is 6.97. The van der Waals surface area contributed by atoms with Crippen molar-refractivity contribution < 1.29 is 27.8 Å². The van der Waals surface area contributed by atoms with E-state index in [1.54, 1.807) is 0 Å². The smallest absolute Gasteiger partial charge is 0.339 e. The Labute approximate surface area is 82.3 Å². The van der Waals surface area contributed by atoms with Crippen molar-refractivity contribution in [2.24, 2.45) is 0 Å². The Bertz CT molecular complexity index is 395. The van der Waals surface area contributed by atoms with Crippen LogP contribution in [0.3, 0.4) is 0 Å². The molecule has 7 heteroatoms. The van der Waals surface area contributed by atoms with Crippen molar-refractivity contribution in [2.45, 2.75) is 6.43 Å². The fraction of sp³-hybridized carbons (Fsp3) is 0.250. The number of aromatic nitrogens is 1. The van der Waals surface area contributed by atoms with Gasteiger partial charge in [0, 0.05) is 0 Å². The second-order valence-electron chi connectivity index (χ2n) is 2.52. The van der Waals surface area contributed by atoms with E-state index in [0.717, 1.165) is 7.11 Å². The van der Waals surface area contributed by atoms with E-state index in [-0.39, 0.29) is 0 Å². The van der Waals surface area contributed by atoms with Crippen molar-refractivity contribution in [1.29, 1.82) is 0 Å². The number of rotatable bonds is 3. The van der Waals surface area contributed by atoms with Crippen LogP contribution in [0.1, 0.15) is 22.5 Å². The average Bonchev–Trinajstić information content (AvgIpc) is 2.16. The molecule has 15 heavy (non-hydrogen) atoms. The highest BCUT2D eigenvalue weighted by Gasteiger charge is 2.21. The number of carboxylic acids is 1.